The molecule has 2 N–H and O–H groups in total. The van der Waals surface area contributed by atoms with E-state index in [1.54, 1.807) is 26.0 Å². The topological polar surface area (TPSA) is 97.9 Å². The Labute approximate surface area is 223 Å². The largest absolute Gasteiger partial charge is 0.446 e. The molecule has 0 unspecified atom stereocenters. The van der Waals surface area contributed by atoms with Crippen LogP contribution in [0.4, 0.5) is 34.3 Å². The first-order chi connectivity index (χ1) is 17.8. The van der Waals surface area contributed by atoms with E-state index in [1.165, 1.54) is 35.4 Å². The standard InChI is InChI=1S/C25H31F3N6O3S/c1-24(2)21(35)34(18-7-9-19(10-8-18)38-25(26,27)28)23(37)33(24)16-17-11-13-29-20(15-17)31-22(36)30-12-5-6-14-32(3)4/h7-11,13,15H,5-6,12,14,16H2,1-4H3,(H2,29,30,31,36). The van der Waals surface area contributed by atoms with E-state index in [0.29, 0.717) is 17.9 Å². The van der Waals surface area contributed by atoms with Gasteiger partial charge in [0.25, 0.3) is 5.91 Å². The average molecular weight is 553 g/mol. The van der Waals surface area contributed by atoms with Gasteiger partial charge in [-0.1, -0.05) is 0 Å². The number of nitrogens with zero attached hydrogens (tertiary/aromatic N) is 4. The maximum absolute atomic E-state index is 13.3. The minimum absolute atomic E-state index is 0.0501. The fourth-order valence-corrected chi connectivity index (χ4v) is 4.40. The molecule has 9 nitrogen and oxygen atoms in total. The van der Waals surface area contributed by atoms with Crippen LogP contribution in [0.2, 0.25) is 0 Å². The fourth-order valence-electron chi connectivity index (χ4n) is 3.86. The van der Waals surface area contributed by atoms with E-state index >= 15 is 0 Å². The number of aromatic nitrogens is 1. The summed E-state index contributed by atoms with van der Waals surface area (Å²) < 4.78 is 37.9. The lowest BCUT2D eigenvalue weighted by molar-refractivity contribution is -0.123. The van der Waals surface area contributed by atoms with Crippen LogP contribution in [-0.4, -0.2) is 71.0 Å². The molecule has 1 aliphatic heterocycles. The molecule has 1 aliphatic rings. The molecule has 1 aromatic heterocycles. The van der Waals surface area contributed by atoms with Gasteiger partial charge in [-0.05, 0) is 101 Å². The van der Waals surface area contributed by atoms with Crippen molar-refractivity contribution in [2.24, 2.45) is 0 Å². The minimum Gasteiger partial charge on any atom is -0.338 e. The Morgan fingerprint density at radius 1 is 1.11 bits per heavy atom. The summed E-state index contributed by atoms with van der Waals surface area (Å²) in [6, 6.07) is 7.36. The van der Waals surface area contributed by atoms with Gasteiger partial charge in [0, 0.05) is 24.2 Å². The third kappa shape index (κ3) is 7.60. The normalized spacial score (nSPS) is 15.4. The molecule has 2 heterocycles. The van der Waals surface area contributed by atoms with Gasteiger partial charge in [0.2, 0.25) is 0 Å². The second-order valence-electron chi connectivity index (χ2n) is 9.55. The number of benzene rings is 1. The van der Waals surface area contributed by atoms with E-state index in [4.69, 9.17) is 0 Å². The first-order valence-corrected chi connectivity index (χ1v) is 12.8. The van der Waals surface area contributed by atoms with Gasteiger partial charge in [-0.15, -0.1) is 0 Å². The number of urea groups is 2. The molecule has 0 radical (unpaired) electrons. The number of hydrogen-bond acceptors (Lipinski definition) is 6. The molecule has 0 spiro atoms. The number of unbranched alkanes of at least 4 members (excludes halogenated alkanes) is 1. The Balaban J connectivity index is 1.66. The molecule has 0 saturated carbocycles. The van der Waals surface area contributed by atoms with Crippen molar-refractivity contribution >= 4 is 41.2 Å². The van der Waals surface area contributed by atoms with E-state index in [2.05, 4.69) is 20.5 Å². The van der Waals surface area contributed by atoms with Gasteiger partial charge < -0.3 is 15.1 Å². The van der Waals surface area contributed by atoms with Crippen molar-refractivity contribution in [3.8, 4) is 0 Å². The van der Waals surface area contributed by atoms with Crippen molar-refractivity contribution in [3.63, 3.8) is 0 Å². The summed E-state index contributed by atoms with van der Waals surface area (Å²) in [4.78, 5) is 47.1. The van der Waals surface area contributed by atoms with Gasteiger partial charge in [0.1, 0.15) is 11.4 Å². The minimum atomic E-state index is -4.44. The van der Waals surface area contributed by atoms with Crippen LogP contribution in [0.5, 0.6) is 0 Å². The van der Waals surface area contributed by atoms with Crippen LogP contribution in [0.15, 0.2) is 47.5 Å². The predicted octanol–water partition coefficient (Wildman–Crippen LogP) is 4.90. The predicted molar refractivity (Wildman–Crippen MR) is 140 cm³/mol. The van der Waals surface area contributed by atoms with Crippen LogP contribution in [0.3, 0.4) is 0 Å². The lowest BCUT2D eigenvalue weighted by atomic mass is 10.0. The van der Waals surface area contributed by atoms with Gasteiger partial charge in [0.15, 0.2) is 0 Å². The first-order valence-electron chi connectivity index (χ1n) is 11.9. The van der Waals surface area contributed by atoms with E-state index in [-0.39, 0.29) is 28.9 Å². The zero-order valence-electron chi connectivity index (χ0n) is 21.6. The van der Waals surface area contributed by atoms with Crippen molar-refractivity contribution < 1.29 is 27.6 Å². The molecule has 0 atom stereocenters. The number of carbonyl (C=O) groups excluding carboxylic acids is 3. The van der Waals surface area contributed by atoms with Crippen LogP contribution in [0.25, 0.3) is 0 Å². The average Bonchev–Trinajstić information content (AvgIpc) is 2.98. The number of thioether (sulfide) groups is 1. The first kappa shape index (κ1) is 29.2. The monoisotopic (exact) mass is 552 g/mol. The Morgan fingerprint density at radius 3 is 2.42 bits per heavy atom. The van der Waals surface area contributed by atoms with Gasteiger partial charge in [-0.3, -0.25) is 10.1 Å². The maximum Gasteiger partial charge on any atom is 0.446 e. The van der Waals surface area contributed by atoms with Crippen LogP contribution < -0.4 is 15.5 Å². The number of halogens is 3. The van der Waals surface area contributed by atoms with E-state index in [9.17, 15) is 27.6 Å². The number of amides is 5. The third-order valence-electron chi connectivity index (χ3n) is 5.88. The number of alkyl halides is 3. The van der Waals surface area contributed by atoms with Crippen molar-refractivity contribution in [2.45, 2.75) is 49.2 Å². The van der Waals surface area contributed by atoms with Crippen molar-refractivity contribution in [3.05, 3.63) is 48.2 Å². The fraction of sp³-hybridized carbons (Fsp3) is 0.440. The number of carbonyl (C=O) groups is 3. The number of pyridine rings is 1. The van der Waals surface area contributed by atoms with Crippen LogP contribution in [-0.2, 0) is 11.3 Å². The van der Waals surface area contributed by atoms with Crippen molar-refractivity contribution in [1.82, 2.24) is 20.1 Å². The molecule has 0 aliphatic carbocycles. The molecule has 1 fully saturated rings. The number of imide groups is 1. The smallest absolute Gasteiger partial charge is 0.338 e. The van der Waals surface area contributed by atoms with Gasteiger partial charge in [0.05, 0.1) is 5.69 Å². The SMILES string of the molecule is CN(C)CCCCNC(=O)Nc1cc(CN2C(=O)N(c3ccc(SC(F)(F)F)cc3)C(=O)C2(C)C)ccn1. The van der Waals surface area contributed by atoms with Gasteiger partial charge in [-0.25, -0.2) is 19.5 Å². The Hall–Kier alpha value is -3.32. The summed E-state index contributed by atoms with van der Waals surface area (Å²) in [5.74, 6) is -0.210. The lowest BCUT2D eigenvalue weighted by Crippen LogP contribution is -2.43. The number of anilines is 2. The highest BCUT2D eigenvalue weighted by atomic mass is 32.2. The Bertz CT molecular complexity index is 1160. The summed E-state index contributed by atoms with van der Waals surface area (Å²) in [6.07, 6.45) is 3.28. The molecule has 38 heavy (non-hydrogen) atoms. The summed E-state index contributed by atoms with van der Waals surface area (Å²) >= 11 is -0.272. The van der Waals surface area contributed by atoms with Crippen LogP contribution >= 0.6 is 11.8 Å². The number of hydrogen-bond donors (Lipinski definition) is 2. The molecule has 1 aromatic carbocycles. The van der Waals surface area contributed by atoms with Gasteiger partial charge in [-0.2, -0.15) is 13.2 Å². The van der Waals surface area contributed by atoms with E-state index < -0.39 is 29.0 Å². The lowest BCUT2D eigenvalue weighted by Gasteiger charge is -2.27. The zero-order chi connectivity index (χ0) is 28.1. The molecule has 1 saturated heterocycles. The second-order valence-corrected chi connectivity index (χ2v) is 10.7. The molecule has 3 rings (SSSR count). The molecule has 13 heteroatoms. The molecule has 2 aromatic rings. The molecule has 0 bridgehead atoms. The highest BCUT2D eigenvalue weighted by molar-refractivity contribution is 8.00. The Kier molecular flexibility index (Phi) is 9.26. The highest BCUT2D eigenvalue weighted by Crippen LogP contribution is 2.39. The van der Waals surface area contributed by atoms with E-state index in [1.807, 2.05) is 14.1 Å². The highest BCUT2D eigenvalue weighted by Gasteiger charge is 2.51. The number of rotatable bonds is 10. The zero-order valence-corrected chi connectivity index (χ0v) is 22.4. The Morgan fingerprint density at radius 2 is 1.79 bits per heavy atom. The van der Waals surface area contributed by atoms with Gasteiger partial charge >= 0.3 is 17.6 Å². The van der Waals surface area contributed by atoms with Crippen LogP contribution in [0.1, 0.15) is 32.3 Å². The second kappa shape index (κ2) is 12.0. The van der Waals surface area contributed by atoms with Crippen molar-refractivity contribution in [2.75, 3.05) is 37.4 Å². The summed E-state index contributed by atoms with van der Waals surface area (Å²) in [6.45, 7) is 4.71. The number of nitrogens with one attached hydrogen (secondary N) is 2. The summed E-state index contributed by atoms with van der Waals surface area (Å²) in [7, 11) is 3.97. The summed E-state index contributed by atoms with van der Waals surface area (Å²) in [5.41, 5.74) is -4.84. The molecular formula is C25H31F3N6O3S. The van der Waals surface area contributed by atoms with E-state index in [0.717, 1.165) is 24.3 Å². The quantitative estimate of drug-likeness (QED) is 0.247. The van der Waals surface area contributed by atoms with Crippen LogP contribution in [0, 0.1) is 0 Å². The molecule has 5 amide bonds. The third-order valence-corrected chi connectivity index (χ3v) is 6.62. The molecule has 206 valence electrons. The maximum atomic E-state index is 13.3. The van der Waals surface area contributed by atoms with Crippen molar-refractivity contribution in [1.29, 1.82) is 0 Å². The molecular weight excluding hydrogens is 521 g/mol. The summed E-state index contributed by atoms with van der Waals surface area (Å²) in [5, 5.41) is 5.44.